The van der Waals surface area contributed by atoms with E-state index in [1.54, 1.807) is 11.3 Å². The minimum Gasteiger partial charge on any atom is -0.338 e. The zero-order chi connectivity index (χ0) is 12.0. The molecule has 90 valence electrons. The van der Waals surface area contributed by atoms with Crippen molar-refractivity contribution in [3.05, 3.63) is 22.4 Å². The van der Waals surface area contributed by atoms with Crippen molar-refractivity contribution in [2.75, 3.05) is 13.1 Å². The molecule has 16 heavy (non-hydrogen) atoms. The van der Waals surface area contributed by atoms with Gasteiger partial charge in [-0.25, -0.2) is 4.79 Å². The summed E-state index contributed by atoms with van der Waals surface area (Å²) >= 11 is 1.72. The molecule has 3 nitrogen and oxygen atoms in total. The molecule has 0 aliphatic heterocycles. The Hall–Kier alpha value is -1.03. The Balaban J connectivity index is 2.11. The van der Waals surface area contributed by atoms with Crippen molar-refractivity contribution in [1.29, 1.82) is 0 Å². The van der Waals surface area contributed by atoms with Crippen LogP contribution in [0.15, 0.2) is 17.5 Å². The summed E-state index contributed by atoms with van der Waals surface area (Å²) in [6.07, 6.45) is 0.903. The lowest BCUT2D eigenvalue weighted by atomic mass is 9.97. The van der Waals surface area contributed by atoms with Crippen LogP contribution in [0, 0.1) is 5.41 Å². The molecule has 0 radical (unpaired) electrons. The highest BCUT2D eigenvalue weighted by Crippen LogP contribution is 2.10. The van der Waals surface area contributed by atoms with E-state index in [-0.39, 0.29) is 11.4 Å². The van der Waals surface area contributed by atoms with E-state index in [9.17, 15) is 4.79 Å². The molecule has 1 heterocycles. The third-order valence-corrected chi connectivity index (χ3v) is 2.95. The second-order valence-corrected chi connectivity index (χ2v) is 6.03. The van der Waals surface area contributed by atoms with Gasteiger partial charge in [0.1, 0.15) is 0 Å². The maximum absolute atomic E-state index is 11.4. The van der Waals surface area contributed by atoms with E-state index in [4.69, 9.17) is 0 Å². The Morgan fingerprint density at radius 1 is 1.38 bits per heavy atom. The van der Waals surface area contributed by atoms with Gasteiger partial charge in [0.2, 0.25) is 0 Å². The second-order valence-electron chi connectivity index (χ2n) is 5.00. The molecule has 0 unspecified atom stereocenters. The molecule has 0 aliphatic rings. The Morgan fingerprint density at radius 2 is 2.12 bits per heavy atom. The summed E-state index contributed by atoms with van der Waals surface area (Å²) in [5, 5.41) is 7.76. The molecule has 0 atom stereocenters. The minimum atomic E-state index is -0.0773. The number of urea groups is 1. The Morgan fingerprint density at radius 3 is 2.69 bits per heavy atom. The molecule has 1 aromatic rings. The van der Waals surface area contributed by atoms with Gasteiger partial charge >= 0.3 is 6.03 Å². The van der Waals surface area contributed by atoms with Gasteiger partial charge in [0.25, 0.3) is 0 Å². The molecule has 0 saturated heterocycles. The fourth-order valence-electron chi connectivity index (χ4n) is 1.16. The number of hydrogen-bond acceptors (Lipinski definition) is 2. The number of thiophene rings is 1. The Kier molecular flexibility index (Phi) is 4.80. The van der Waals surface area contributed by atoms with Crippen molar-refractivity contribution >= 4 is 17.4 Å². The average Bonchev–Trinajstić information content (AvgIpc) is 2.66. The van der Waals surface area contributed by atoms with E-state index in [0.717, 1.165) is 6.42 Å². The van der Waals surface area contributed by atoms with Crippen LogP contribution in [-0.4, -0.2) is 19.1 Å². The zero-order valence-electron chi connectivity index (χ0n) is 10.2. The summed E-state index contributed by atoms with van der Waals surface area (Å²) in [6, 6.07) is 4.03. The van der Waals surface area contributed by atoms with Gasteiger partial charge in [0.15, 0.2) is 0 Å². The summed E-state index contributed by atoms with van der Waals surface area (Å²) in [6.45, 7) is 7.67. The zero-order valence-corrected chi connectivity index (χ0v) is 11.0. The highest BCUT2D eigenvalue weighted by atomic mass is 32.1. The summed E-state index contributed by atoms with van der Waals surface area (Å²) in [4.78, 5) is 12.7. The Labute approximate surface area is 101 Å². The summed E-state index contributed by atoms with van der Waals surface area (Å²) in [7, 11) is 0. The number of nitrogens with one attached hydrogen (secondary N) is 2. The van der Waals surface area contributed by atoms with Crippen LogP contribution in [0.1, 0.15) is 25.6 Å². The van der Waals surface area contributed by atoms with E-state index in [2.05, 4.69) is 42.9 Å². The normalized spacial score (nSPS) is 11.2. The molecule has 1 rings (SSSR count). The average molecular weight is 240 g/mol. The van der Waals surface area contributed by atoms with E-state index in [1.807, 2.05) is 6.07 Å². The number of amides is 2. The molecule has 0 aliphatic carbocycles. The van der Waals surface area contributed by atoms with Gasteiger partial charge in [-0.1, -0.05) is 26.8 Å². The molecule has 1 aromatic heterocycles. The summed E-state index contributed by atoms with van der Waals surface area (Å²) in [5.41, 5.74) is 0.130. The molecule has 4 heteroatoms. The van der Waals surface area contributed by atoms with Gasteiger partial charge in [-0.3, -0.25) is 0 Å². The van der Waals surface area contributed by atoms with Crippen molar-refractivity contribution in [1.82, 2.24) is 10.6 Å². The van der Waals surface area contributed by atoms with Crippen LogP contribution in [-0.2, 0) is 6.42 Å². The molecule has 2 N–H and O–H groups in total. The second kappa shape index (κ2) is 5.89. The van der Waals surface area contributed by atoms with Gasteiger partial charge in [0, 0.05) is 18.0 Å². The third-order valence-electron chi connectivity index (χ3n) is 2.02. The quantitative estimate of drug-likeness (QED) is 0.834. The fraction of sp³-hybridized carbons (Fsp3) is 0.583. The molecule has 0 fully saturated rings. The first-order valence-electron chi connectivity index (χ1n) is 5.51. The van der Waals surface area contributed by atoms with Gasteiger partial charge in [-0.05, 0) is 23.3 Å². The first-order valence-corrected chi connectivity index (χ1v) is 6.39. The van der Waals surface area contributed by atoms with Crippen molar-refractivity contribution in [3.63, 3.8) is 0 Å². The highest BCUT2D eigenvalue weighted by Gasteiger charge is 2.11. The maximum atomic E-state index is 11.4. The van der Waals surface area contributed by atoms with Crippen LogP contribution in [0.5, 0.6) is 0 Å². The molecule has 0 bridgehead atoms. The van der Waals surface area contributed by atoms with Crippen LogP contribution in [0.25, 0.3) is 0 Å². The molecular formula is C12H20N2OS. The SMILES string of the molecule is CC(C)(C)CNC(=O)NCCc1cccs1. The van der Waals surface area contributed by atoms with E-state index < -0.39 is 0 Å². The topological polar surface area (TPSA) is 41.1 Å². The predicted octanol–water partition coefficient (Wildman–Crippen LogP) is 2.64. The molecule has 0 spiro atoms. The van der Waals surface area contributed by atoms with Crippen molar-refractivity contribution in [2.24, 2.45) is 5.41 Å². The minimum absolute atomic E-state index is 0.0773. The summed E-state index contributed by atoms with van der Waals surface area (Å²) < 4.78 is 0. The number of rotatable bonds is 4. The number of carbonyl (C=O) groups is 1. The first-order chi connectivity index (χ1) is 7.47. The van der Waals surface area contributed by atoms with Crippen LogP contribution < -0.4 is 10.6 Å². The van der Waals surface area contributed by atoms with Gasteiger partial charge in [0.05, 0.1) is 0 Å². The van der Waals surface area contributed by atoms with Crippen LogP contribution in [0.3, 0.4) is 0 Å². The highest BCUT2D eigenvalue weighted by molar-refractivity contribution is 7.09. The predicted molar refractivity (Wildman–Crippen MR) is 68.9 cm³/mol. The molecule has 0 aromatic carbocycles. The number of hydrogen-bond donors (Lipinski definition) is 2. The maximum Gasteiger partial charge on any atom is 0.314 e. The van der Waals surface area contributed by atoms with Crippen molar-refractivity contribution in [2.45, 2.75) is 27.2 Å². The lowest BCUT2D eigenvalue weighted by Crippen LogP contribution is -2.40. The monoisotopic (exact) mass is 240 g/mol. The Bertz CT molecular complexity index is 314. The lowest BCUT2D eigenvalue weighted by molar-refractivity contribution is 0.235. The smallest absolute Gasteiger partial charge is 0.314 e. The molecule has 0 saturated carbocycles. The van der Waals surface area contributed by atoms with E-state index in [1.165, 1.54) is 4.88 Å². The molecule has 2 amide bonds. The van der Waals surface area contributed by atoms with Crippen LogP contribution >= 0.6 is 11.3 Å². The van der Waals surface area contributed by atoms with E-state index in [0.29, 0.717) is 13.1 Å². The largest absolute Gasteiger partial charge is 0.338 e. The van der Waals surface area contributed by atoms with Crippen molar-refractivity contribution < 1.29 is 4.79 Å². The van der Waals surface area contributed by atoms with Crippen LogP contribution in [0.4, 0.5) is 4.79 Å². The fourth-order valence-corrected chi connectivity index (χ4v) is 1.87. The van der Waals surface area contributed by atoms with E-state index >= 15 is 0 Å². The van der Waals surface area contributed by atoms with Gasteiger partial charge in [-0.15, -0.1) is 11.3 Å². The standard InChI is InChI=1S/C12H20N2OS/c1-12(2,3)9-14-11(15)13-7-6-10-5-4-8-16-10/h4-5,8H,6-7,9H2,1-3H3,(H2,13,14,15). The number of carbonyl (C=O) groups excluding carboxylic acids is 1. The van der Waals surface area contributed by atoms with Crippen molar-refractivity contribution in [3.8, 4) is 0 Å². The summed E-state index contributed by atoms with van der Waals surface area (Å²) in [5.74, 6) is 0. The molecular weight excluding hydrogens is 220 g/mol. The first kappa shape index (κ1) is 13.0. The third kappa shape index (κ3) is 5.75. The lowest BCUT2D eigenvalue weighted by Gasteiger charge is -2.18. The van der Waals surface area contributed by atoms with Gasteiger partial charge in [-0.2, -0.15) is 0 Å². The van der Waals surface area contributed by atoms with Crippen LogP contribution in [0.2, 0.25) is 0 Å². The van der Waals surface area contributed by atoms with Gasteiger partial charge < -0.3 is 10.6 Å².